The summed E-state index contributed by atoms with van der Waals surface area (Å²) in [6.07, 6.45) is 18.7. The van der Waals surface area contributed by atoms with Gasteiger partial charge in [0.05, 0.1) is 22.5 Å². The van der Waals surface area contributed by atoms with E-state index in [1.807, 2.05) is 6.07 Å². The zero-order valence-electron chi connectivity index (χ0n) is 41.5. The van der Waals surface area contributed by atoms with E-state index < -0.39 is 0 Å². The quantitative estimate of drug-likeness (QED) is 0.171. The molecule has 4 aliphatic carbocycles. The maximum absolute atomic E-state index is 6.55. The molecule has 0 saturated heterocycles. The second-order valence-corrected chi connectivity index (χ2v) is 21.4. The molecule has 5 unspecified atom stereocenters. The first kappa shape index (κ1) is 42.0. The van der Waals surface area contributed by atoms with Gasteiger partial charge < -0.3 is 13.9 Å². The second kappa shape index (κ2) is 15.8. The third-order valence-electron chi connectivity index (χ3n) is 17.8. The molecule has 76 heavy (non-hydrogen) atoms. The molecule has 5 aliphatic rings. The van der Waals surface area contributed by atoms with Crippen molar-refractivity contribution in [3.8, 4) is 50.2 Å². The third kappa shape index (κ3) is 5.72. The molecule has 0 saturated carbocycles. The summed E-state index contributed by atoms with van der Waals surface area (Å²) in [5.41, 5.74) is 24.3. The van der Waals surface area contributed by atoms with E-state index in [1.165, 1.54) is 94.4 Å². The molecule has 0 amide bonds. The van der Waals surface area contributed by atoms with E-state index in [4.69, 9.17) is 4.42 Å². The van der Waals surface area contributed by atoms with E-state index in [9.17, 15) is 0 Å². The highest BCUT2D eigenvalue weighted by molar-refractivity contribution is 6.13. The number of allylic oxidation sites excluding steroid dienone is 6. The van der Waals surface area contributed by atoms with Gasteiger partial charge >= 0.3 is 0 Å². The van der Waals surface area contributed by atoms with Gasteiger partial charge in [-0.1, -0.05) is 200 Å². The highest BCUT2D eigenvalue weighted by atomic mass is 16.3. The van der Waals surface area contributed by atoms with Crippen LogP contribution in [-0.4, -0.2) is 10.6 Å². The van der Waals surface area contributed by atoms with Gasteiger partial charge in [-0.15, -0.1) is 0 Å². The SMILES string of the molecule is C1=CC2c3cc(-c4ccc5c(c4)c4cc6c(cc4n5-c4ccc(-c5cccc7c5oc5ccccc57)cc4)C4(c5ccccc5-6)c5ccccc5C5C=CC=CC54)ccc3N(c3cccc(-c4ccccc4)c3)C2C=C1. The Labute approximate surface area is 440 Å². The van der Waals surface area contributed by atoms with Gasteiger partial charge in [-0.25, -0.2) is 0 Å². The Balaban J connectivity index is 0.858. The Morgan fingerprint density at radius 1 is 0.368 bits per heavy atom. The zero-order valence-corrected chi connectivity index (χ0v) is 41.5. The van der Waals surface area contributed by atoms with Crippen LogP contribution in [0.25, 0.3) is 93.9 Å². The van der Waals surface area contributed by atoms with E-state index in [-0.39, 0.29) is 23.3 Å². The number of aromatic nitrogens is 1. The largest absolute Gasteiger partial charge is 0.455 e. The predicted molar refractivity (Wildman–Crippen MR) is 314 cm³/mol. The van der Waals surface area contributed by atoms with Gasteiger partial charge in [0.15, 0.2) is 0 Å². The molecule has 3 heteroatoms. The molecule has 3 nitrogen and oxygen atoms in total. The molecule has 0 radical (unpaired) electrons. The minimum Gasteiger partial charge on any atom is -0.455 e. The fourth-order valence-corrected chi connectivity index (χ4v) is 14.6. The van der Waals surface area contributed by atoms with Crippen molar-refractivity contribution in [1.82, 2.24) is 4.57 Å². The maximum Gasteiger partial charge on any atom is 0.143 e. The molecule has 2 aromatic heterocycles. The number of rotatable bonds is 5. The molecule has 3 heterocycles. The molecule has 17 rings (SSSR count). The van der Waals surface area contributed by atoms with Crippen LogP contribution in [0, 0.1) is 5.92 Å². The van der Waals surface area contributed by atoms with Crippen LogP contribution in [0.3, 0.4) is 0 Å². The van der Waals surface area contributed by atoms with Crippen LogP contribution in [0.5, 0.6) is 0 Å². The summed E-state index contributed by atoms with van der Waals surface area (Å²) in [6, 6.07) is 82.0. The number of anilines is 2. The smallest absolute Gasteiger partial charge is 0.143 e. The number of benzene rings is 10. The maximum atomic E-state index is 6.55. The fourth-order valence-electron chi connectivity index (χ4n) is 14.6. The molecular weight excluding hydrogens is 921 g/mol. The number of nitrogens with zero attached hydrogens (tertiary/aromatic N) is 2. The van der Waals surface area contributed by atoms with Gasteiger partial charge in [-0.05, 0) is 133 Å². The summed E-state index contributed by atoms with van der Waals surface area (Å²) in [5, 5.41) is 4.78. The predicted octanol–water partition coefficient (Wildman–Crippen LogP) is 18.6. The summed E-state index contributed by atoms with van der Waals surface area (Å²) < 4.78 is 9.08. The van der Waals surface area contributed by atoms with Crippen molar-refractivity contribution in [2.24, 2.45) is 5.92 Å². The number of para-hydroxylation sites is 2. The number of fused-ring (bicyclic) bond motifs is 19. The van der Waals surface area contributed by atoms with E-state index in [1.54, 1.807) is 0 Å². The lowest BCUT2D eigenvalue weighted by atomic mass is 9.65. The third-order valence-corrected chi connectivity index (χ3v) is 17.8. The van der Waals surface area contributed by atoms with Crippen LogP contribution in [-0.2, 0) is 5.41 Å². The Hall–Kier alpha value is -9.44. The molecular formula is C73H48N2O. The zero-order chi connectivity index (χ0) is 49.6. The summed E-state index contributed by atoms with van der Waals surface area (Å²) in [4.78, 5) is 2.55. The topological polar surface area (TPSA) is 21.3 Å². The highest BCUT2D eigenvalue weighted by Gasteiger charge is 2.57. The van der Waals surface area contributed by atoms with E-state index >= 15 is 0 Å². The van der Waals surface area contributed by atoms with Crippen molar-refractivity contribution in [3.05, 3.63) is 295 Å². The lowest BCUT2D eigenvalue weighted by Gasteiger charge is -2.36. The summed E-state index contributed by atoms with van der Waals surface area (Å²) >= 11 is 0. The van der Waals surface area contributed by atoms with Gasteiger partial charge in [0, 0.05) is 61.9 Å². The lowest BCUT2D eigenvalue weighted by molar-refractivity contribution is 0.466. The number of hydrogen-bond acceptors (Lipinski definition) is 2. The summed E-state index contributed by atoms with van der Waals surface area (Å²) in [6.45, 7) is 0. The van der Waals surface area contributed by atoms with Crippen LogP contribution >= 0.6 is 0 Å². The van der Waals surface area contributed by atoms with Gasteiger partial charge in [-0.3, -0.25) is 0 Å². The van der Waals surface area contributed by atoms with Crippen molar-refractivity contribution >= 4 is 55.1 Å². The monoisotopic (exact) mass is 968 g/mol. The Bertz CT molecular complexity index is 4560. The van der Waals surface area contributed by atoms with E-state index in [2.05, 4.69) is 270 Å². The molecule has 10 aromatic carbocycles. The van der Waals surface area contributed by atoms with Crippen LogP contribution < -0.4 is 4.90 Å². The van der Waals surface area contributed by atoms with Crippen LogP contribution in [0.2, 0.25) is 0 Å². The van der Waals surface area contributed by atoms with Crippen LogP contribution in [0.1, 0.15) is 39.7 Å². The average molecular weight is 969 g/mol. The number of furan rings is 1. The summed E-state index contributed by atoms with van der Waals surface area (Å²) in [5.74, 6) is 0.775. The van der Waals surface area contributed by atoms with Gasteiger partial charge in [-0.2, -0.15) is 0 Å². The van der Waals surface area contributed by atoms with Crippen molar-refractivity contribution in [2.75, 3.05) is 4.90 Å². The molecule has 0 fully saturated rings. The lowest BCUT2D eigenvalue weighted by Crippen LogP contribution is -2.32. The first-order valence-electron chi connectivity index (χ1n) is 26.8. The van der Waals surface area contributed by atoms with Gasteiger partial charge in [0.2, 0.25) is 0 Å². The van der Waals surface area contributed by atoms with Crippen molar-refractivity contribution in [3.63, 3.8) is 0 Å². The molecule has 12 aromatic rings. The Morgan fingerprint density at radius 2 is 1.05 bits per heavy atom. The standard InChI is InChI=1S/C73H48N2O/c1-2-16-45(17-3-1)47-18-14-19-51(40-47)75-67-30-12-7-23-56(67)60-41-48(34-38-68(60)75)49-35-39-69-61(42-49)62-43-59-55-22-6-11-29-65(55)73(63-27-9-4-20-53(63)54-21-5-10-28-64(54)73)66(59)44-70(62)74(69)50-36-32-46(33-37-50)52-25-15-26-58-57-24-8-13-31-71(57)76-72(52)58/h1-44,53,56,63,67H. The minimum atomic E-state index is -0.341. The average Bonchev–Trinajstić information content (AvgIpc) is 4.47. The first-order valence-corrected chi connectivity index (χ1v) is 26.8. The van der Waals surface area contributed by atoms with Crippen LogP contribution in [0.15, 0.2) is 271 Å². The Morgan fingerprint density at radius 3 is 1.97 bits per heavy atom. The Kier molecular flexibility index (Phi) is 8.72. The second-order valence-electron chi connectivity index (χ2n) is 21.4. The molecule has 1 aliphatic heterocycles. The first-order chi connectivity index (χ1) is 37.7. The molecule has 5 atom stereocenters. The highest BCUT2D eigenvalue weighted by Crippen LogP contribution is 2.66. The van der Waals surface area contributed by atoms with E-state index in [0.717, 1.165) is 38.8 Å². The molecule has 0 bridgehead atoms. The van der Waals surface area contributed by atoms with E-state index in [0.29, 0.717) is 5.92 Å². The fraction of sp³-hybridized carbons (Fsp3) is 0.0685. The minimum absolute atomic E-state index is 0.190. The normalized spacial score (nSPS) is 20.2. The van der Waals surface area contributed by atoms with Gasteiger partial charge in [0.25, 0.3) is 0 Å². The molecule has 356 valence electrons. The van der Waals surface area contributed by atoms with Crippen molar-refractivity contribution in [2.45, 2.75) is 23.3 Å². The van der Waals surface area contributed by atoms with Crippen molar-refractivity contribution < 1.29 is 4.42 Å². The molecule has 0 N–H and O–H groups in total. The van der Waals surface area contributed by atoms with Crippen LogP contribution in [0.4, 0.5) is 11.4 Å². The summed E-state index contributed by atoms with van der Waals surface area (Å²) in [7, 11) is 0. The van der Waals surface area contributed by atoms with Crippen molar-refractivity contribution in [1.29, 1.82) is 0 Å². The van der Waals surface area contributed by atoms with Gasteiger partial charge in [0.1, 0.15) is 11.2 Å². The number of hydrogen-bond donors (Lipinski definition) is 0. The molecule has 1 spiro atoms.